The van der Waals surface area contributed by atoms with Gasteiger partial charge in [-0.1, -0.05) is 0 Å². The van der Waals surface area contributed by atoms with E-state index in [-0.39, 0.29) is 19.3 Å². The van der Waals surface area contributed by atoms with Crippen LogP contribution < -0.4 is 0 Å². The zero-order valence-electron chi connectivity index (χ0n) is 7.28. The van der Waals surface area contributed by atoms with Crippen LogP contribution in [0.25, 0.3) is 0 Å². The summed E-state index contributed by atoms with van der Waals surface area (Å²) in [6, 6.07) is 0. The van der Waals surface area contributed by atoms with E-state index in [1.165, 1.54) is 0 Å². The topological polar surface area (TPSA) is 58.9 Å². The Morgan fingerprint density at radius 1 is 1.50 bits per heavy atom. The molecule has 2 N–H and O–H groups in total. The van der Waals surface area contributed by atoms with E-state index < -0.39 is 5.79 Å². The first kappa shape index (κ1) is 9.51. The van der Waals surface area contributed by atoms with E-state index in [1.54, 1.807) is 19.9 Å². The molecule has 1 aliphatic rings. The van der Waals surface area contributed by atoms with Gasteiger partial charge in [0.1, 0.15) is 18.5 Å². The standard InChI is InChI=1S/C8H14O4/c1-8(2)11-6(4-9)3-7(5-10)12-8/h3,6,9-10H,4-5H2,1-2H3. The maximum absolute atomic E-state index is 8.83. The van der Waals surface area contributed by atoms with Crippen molar-refractivity contribution in [2.45, 2.75) is 25.7 Å². The zero-order valence-corrected chi connectivity index (χ0v) is 7.28. The van der Waals surface area contributed by atoms with Crippen LogP contribution in [0.3, 0.4) is 0 Å². The van der Waals surface area contributed by atoms with Gasteiger partial charge < -0.3 is 19.7 Å². The summed E-state index contributed by atoms with van der Waals surface area (Å²) in [6.45, 7) is 3.20. The maximum Gasteiger partial charge on any atom is 0.205 e. The van der Waals surface area contributed by atoms with Crippen LogP contribution in [0.1, 0.15) is 13.8 Å². The molecule has 4 heteroatoms. The van der Waals surface area contributed by atoms with Crippen LogP contribution in [0.2, 0.25) is 0 Å². The van der Waals surface area contributed by atoms with Crippen molar-refractivity contribution in [3.05, 3.63) is 11.8 Å². The van der Waals surface area contributed by atoms with E-state index in [0.29, 0.717) is 5.76 Å². The van der Waals surface area contributed by atoms with Gasteiger partial charge in [0, 0.05) is 13.8 Å². The van der Waals surface area contributed by atoms with Crippen molar-refractivity contribution in [3.63, 3.8) is 0 Å². The van der Waals surface area contributed by atoms with Crippen LogP contribution in [0, 0.1) is 0 Å². The van der Waals surface area contributed by atoms with Crippen LogP contribution in [-0.4, -0.2) is 35.3 Å². The fourth-order valence-electron chi connectivity index (χ4n) is 1.15. The molecule has 0 aromatic carbocycles. The van der Waals surface area contributed by atoms with Crippen molar-refractivity contribution in [2.24, 2.45) is 0 Å². The Balaban J connectivity index is 2.71. The van der Waals surface area contributed by atoms with Gasteiger partial charge in [-0.05, 0) is 6.08 Å². The predicted octanol–water partition coefficient (Wildman–Crippen LogP) is 0.00640. The molecule has 1 atom stereocenters. The summed E-state index contributed by atoms with van der Waals surface area (Å²) >= 11 is 0. The summed E-state index contributed by atoms with van der Waals surface area (Å²) in [6.07, 6.45) is 1.20. The molecule has 4 nitrogen and oxygen atoms in total. The highest BCUT2D eigenvalue weighted by Gasteiger charge is 2.29. The molecule has 70 valence electrons. The molecule has 0 fully saturated rings. The molecule has 0 spiro atoms. The van der Waals surface area contributed by atoms with Crippen LogP contribution >= 0.6 is 0 Å². The Hall–Kier alpha value is -0.580. The Kier molecular flexibility index (Phi) is 2.72. The highest BCUT2D eigenvalue weighted by Crippen LogP contribution is 2.24. The Morgan fingerprint density at radius 3 is 2.67 bits per heavy atom. The van der Waals surface area contributed by atoms with Gasteiger partial charge in [0.15, 0.2) is 0 Å². The third kappa shape index (κ3) is 2.20. The van der Waals surface area contributed by atoms with Crippen molar-refractivity contribution >= 4 is 0 Å². The minimum atomic E-state index is -0.764. The Morgan fingerprint density at radius 2 is 2.17 bits per heavy atom. The van der Waals surface area contributed by atoms with Gasteiger partial charge >= 0.3 is 0 Å². The lowest BCUT2D eigenvalue weighted by atomic mass is 10.2. The molecule has 0 saturated heterocycles. The summed E-state index contributed by atoms with van der Waals surface area (Å²) in [5.74, 6) is -0.314. The molecule has 0 aromatic rings. The molecule has 0 aliphatic carbocycles. The summed E-state index contributed by atoms with van der Waals surface area (Å²) in [7, 11) is 0. The monoisotopic (exact) mass is 174 g/mol. The van der Waals surface area contributed by atoms with E-state index in [0.717, 1.165) is 0 Å². The maximum atomic E-state index is 8.83. The largest absolute Gasteiger partial charge is 0.465 e. The summed E-state index contributed by atoms with van der Waals surface area (Å²) in [4.78, 5) is 0. The van der Waals surface area contributed by atoms with Crippen molar-refractivity contribution in [3.8, 4) is 0 Å². The SMILES string of the molecule is CC1(C)OC(CO)=CC(CO)O1. The molecule has 1 aliphatic heterocycles. The number of hydrogen-bond donors (Lipinski definition) is 2. The second kappa shape index (κ2) is 3.43. The number of ether oxygens (including phenoxy) is 2. The molecular formula is C8H14O4. The number of aliphatic hydroxyl groups is 2. The van der Waals surface area contributed by atoms with Crippen LogP contribution in [-0.2, 0) is 9.47 Å². The number of hydrogen-bond acceptors (Lipinski definition) is 4. The molecule has 1 unspecified atom stereocenters. The Labute approximate surface area is 71.4 Å². The smallest absolute Gasteiger partial charge is 0.205 e. The lowest BCUT2D eigenvalue weighted by Gasteiger charge is -2.34. The predicted molar refractivity (Wildman–Crippen MR) is 42.3 cm³/mol. The summed E-state index contributed by atoms with van der Waals surface area (Å²) < 4.78 is 10.5. The Bertz CT molecular complexity index is 185. The molecule has 0 aromatic heterocycles. The normalized spacial score (nSPS) is 27.7. The number of aliphatic hydroxyl groups excluding tert-OH is 2. The second-order valence-corrected chi connectivity index (χ2v) is 3.13. The molecule has 0 amide bonds. The van der Waals surface area contributed by atoms with Gasteiger partial charge in [-0.15, -0.1) is 0 Å². The highest BCUT2D eigenvalue weighted by atomic mass is 16.7. The van der Waals surface area contributed by atoms with E-state index in [2.05, 4.69) is 0 Å². The molecule has 0 bridgehead atoms. The van der Waals surface area contributed by atoms with Gasteiger partial charge in [-0.2, -0.15) is 0 Å². The highest BCUT2D eigenvalue weighted by molar-refractivity contribution is 5.02. The first-order valence-electron chi connectivity index (χ1n) is 3.86. The third-order valence-electron chi connectivity index (χ3n) is 1.52. The number of rotatable bonds is 2. The zero-order chi connectivity index (χ0) is 9.19. The molecule has 1 rings (SSSR count). The van der Waals surface area contributed by atoms with Crippen molar-refractivity contribution in [1.82, 2.24) is 0 Å². The van der Waals surface area contributed by atoms with E-state index in [4.69, 9.17) is 19.7 Å². The lowest BCUT2D eigenvalue weighted by Crippen LogP contribution is -2.38. The first-order chi connectivity index (χ1) is 5.57. The van der Waals surface area contributed by atoms with Crippen molar-refractivity contribution in [1.29, 1.82) is 0 Å². The first-order valence-corrected chi connectivity index (χ1v) is 3.86. The fraction of sp³-hybridized carbons (Fsp3) is 0.750. The average Bonchev–Trinajstić information content (AvgIpc) is 2.01. The average molecular weight is 174 g/mol. The van der Waals surface area contributed by atoms with Crippen molar-refractivity contribution in [2.75, 3.05) is 13.2 Å². The van der Waals surface area contributed by atoms with E-state index >= 15 is 0 Å². The van der Waals surface area contributed by atoms with Crippen molar-refractivity contribution < 1.29 is 19.7 Å². The van der Waals surface area contributed by atoms with Gasteiger partial charge in [-0.3, -0.25) is 0 Å². The molecule has 1 heterocycles. The molecule has 12 heavy (non-hydrogen) atoms. The van der Waals surface area contributed by atoms with Gasteiger partial charge in [0.05, 0.1) is 6.61 Å². The van der Waals surface area contributed by atoms with Gasteiger partial charge in [0.2, 0.25) is 5.79 Å². The van der Waals surface area contributed by atoms with Gasteiger partial charge in [-0.25, -0.2) is 0 Å². The third-order valence-corrected chi connectivity index (χ3v) is 1.52. The van der Waals surface area contributed by atoms with Crippen LogP contribution in [0.5, 0.6) is 0 Å². The van der Waals surface area contributed by atoms with Crippen LogP contribution in [0.4, 0.5) is 0 Å². The van der Waals surface area contributed by atoms with E-state index in [1.807, 2.05) is 0 Å². The van der Waals surface area contributed by atoms with Crippen LogP contribution in [0.15, 0.2) is 11.8 Å². The van der Waals surface area contributed by atoms with E-state index in [9.17, 15) is 0 Å². The molecule has 0 saturated carbocycles. The molecule has 0 radical (unpaired) electrons. The second-order valence-electron chi connectivity index (χ2n) is 3.13. The summed E-state index contributed by atoms with van der Waals surface area (Å²) in [5.41, 5.74) is 0. The quantitative estimate of drug-likeness (QED) is 0.619. The fourth-order valence-corrected chi connectivity index (χ4v) is 1.15. The minimum Gasteiger partial charge on any atom is -0.465 e. The summed E-state index contributed by atoms with van der Waals surface area (Å²) in [5, 5.41) is 17.6. The molecular weight excluding hydrogens is 160 g/mol. The lowest BCUT2D eigenvalue weighted by molar-refractivity contribution is -0.231. The minimum absolute atomic E-state index is 0.101. The van der Waals surface area contributed by atoms with Gasteiger partial charge in [0.25, 0.3) is 0 Å².